The first-order chi connectivity index (χ1) is 9.25. The number of imidazole rings is 1. The van der Waals surface area contributed by atoms with Crippen LogP contribution in [-0.4, -0.2) is 19.7 Å². The number of nitrogens with one attached hydrogen (secondary N) is 2. The fourth-order valence-corrected chi connectivity index (χ4v) is 2.24. The maximum absolute atomic E-state index is 4.21. The number of aromatic nitrogens is 4. The average molecular weight is 255 g/mol. The van der Waals surface area contributed by atoms with Gasteiger partial charge in [0.25, 0.3) is 0 Å². The van der Waals surface area contributed by atoms with E-state index >= 15 is 0 Å². The van der Waals surface area contributed by atoms with Crippen molar-refractivity contribution >= 4 is 16.6 Å². The van der Waals surface area contributed by atoms with Crippen molar-refractivity contribution in [3.8, 4) is 0 Å². The van der Waals surface area contributed by atoms with Gasteiger partial charge in [0.05, 0.1) is 36.0 Å². The lowest BCUT2D eigenvalue weighted by atomic mass is 10.2. The third-order valence-electron chi connectivity index (χ3n) is 3.24. The largest absolute Gasteiger partial charge is 0.378 e. The Kier molecular flexibility index (Phi) is 2.95. The standard InChI is InChI=1S/C14H17N5/c1-10(2)19-9-15-7-12(19)8-16-13-5-3-4-11-6-17-18-14(11)13/h3-7,9-10,16H,8H2,1-2H3,(H,17,18). The molecule has 2 heterocycles. The smallest absolute Gasteiger partial charge is 0.0951 e. The lowest BCUT2D eigenvalue weighted by Crippen LogP contribution is -2.08. The van der Waals surface area contributed by atoms with Gasteiger partial charge in [0.1, 0.15) is 0 Å². The predicted octanol–water partition coefficient (Wildman–Crippen LogP) is 2.95. The molecule has 3 rings (SSSR count). The van der Waals surface area contributed by atoms with Crippen LogP contribution < -0.4 is 5.32 Å². The van der Waals surface area contributed by atoms with Crippen LogP contribution in [0.25, 0.3) is 10.9 Å². The van der Waals surface area contributed by atoms with Crippen LogP contribution in [0.5, 0.6) is 0 Å². The zero-order valence-corrected chi connectivity index (χ0v) is 11.1. The second-order valence-electron chi connectivity index (χ2n) is 4.88. The second kappa shape index (κ2) is 4.76. The Bertz CT molecular complexity index is 680. The molecule has 0 atom stereocenters. The topological polar surface area (TPSA) is 58.5 Å². The molecular weight excluding hydrogens is 238 g/mol. The number of hydrogen-bond acceptors (Lipinski definition) is 3. The van der Waals surface area contributed by atoms with Crippen molar-refractivity contribution < 1.29 is 0 Å². The third kappa shape index (κ3) is 2.19. The van der Waals surface area contributed by atoms with Crippen molar-refractivity contribution in [2.45, 2.75) is 26.4 Å². The third-order valence-corrected chi connectivity index (χ3v) is 3.24. The summed E-state index contributed by atoms with van der Waals surface area (Å²) in [6.45, 7) is 5.05. The molecule has 0 saturated carbocycles. The molecule has 0 aliphatic heterocycles. The first-order valence-corrected chi connectivity index (χ1v) is 6.42. The molecule has 0 aliphatic carbocycles. The Morgan fingerprint density at radius 3 is 3.05 bits per heavy atom. The Hall–Kier alpha value is -2.30. The number of para-hydroxylation sites is 1. The van der Waals surface area contributed by atoms with Gasteiger partial charge in [0.15, 0.2) is 0 Å². The zero-order chi connectivity index (χ0) is 13.2. The molecule has 5 nitrogen and oxygen atoms in total. The molecule has 0 spiro atoms. The van der Waals surface area contributed by atoms with E-state index in [-0.39, 0.29) is 0 Å². The Morgan fingerprint density at radius 1 is 1.32 bits per heavy atom. The van der Waals surface area contributed by atoms with Crippen LogP contribution in [0.2, 0.25) is 0 Å². The summed E-state index contributed by atoms with van der Waals surface area (Å²) in [6, 6.07) is 6.54. The van der Waals surface area contributed by atoms with Gasteiger partial charge in [-0.3, -0.25) is 5.10 Å². The second-order valence-corrected chi connectivity index (χ2v) is 4.88. The van der Waals surface area contributed by atoms with Crippen LogP contribution in [-0.2, 0) is 6.54 Å². The summed E-state index contributed by atoms with van der Waals surface area (Å²) in [7, 11) is 0. The van der Waals surface area contributed by atoms with Gasteiger partial charge in [-0.2, -0.15) is 5.10 Å². The van der Waals surface area contributed by atoms with Gasteiger partial charge < -0.3 is 9.88 Å². The number of rotatable bonds is 4. The van der Waals surface area contributed by atoms with E-state index in [1.807, 2.05) is 30.9 Å². The Balaban J connectivity index is 1.82. The van der Waals surface area contributed by atoms with Crippen LogP contribution >= 0.6 is 0 Å². The SMILES string of the molecule is CC(C)n1cncc1CNc1cccc2cn[nH]c12. The van der Waals surface area contributed by atoms with E-state index in [1.54, 1.807) is 0 Å². The van der Waals surface area contributed by atoms with E-state index < -0.39 is 0 Å². The maximum atomic E-state index is 4.21. The maximum Gasteiger partial charge on any atom is 0.0951 e. The summed E-state index contributed by atoms with van der Waals surface area (Å²) in [6.07, 6.45) is 5.61. The van der Waals surface area contributed by atoms with Crippen molar-refractivity contribution in [1.82, 2.24) is 19.7 Å². The Labute approximate surface area is 111 Å². The van der Waals surface area contributed by atoms with Crippen LogP contribution in [0.1, 0.15) is 25.6 Å². The van der Waals surface area contributed by atoms with Crippen LogP contribution in [0.15, 0.2) is 36.9 Å². The lowest BCUT2D eigenvalue weighted by molar-refractivity contribution is 0.577. The molecule has 0 aliphatic rings. The summed E-state index contributed by atoms with van der Waals surface area (Å²) >= 11 is 0. The van der Waals surface area contributed by atoms with E-state index in [2.05, 4.69) is 45.0 Å². The summed E-state index contributed by atoms with van der Waals surface area (Å²) in [5.41, 5.74) is 3.27. The monoisotopic (exact) mass is 255 g/mol. The quantitative estimate of drug-likeness (QED) is 0.753. The van der Waals surface area contributed by atoms with E-state index in [9.17, 15) is 0 Å². The first-order valence-electron chi connectivity index (χ1n) is 6.42. The fourth-order valence-electron chi connectivity index (χ4n) is 2.24. The molecule has 19 heavy (non-hydrogen) atoms. The van der Waals surface area contributed by atoms with E-state index in [0.717, 1.165) is 23.1 Å². The molecule has 0 bridgehead atoms. The van der Waals surface area contributed by atoms with Crippen molar-refractivity contribution in [3.63, 3.8) is 0 Å². The number of hydrogen-bond donors (Lipinski definition) is 2. The predicted molar refractivity (Wildman–Crippen MR) is 76.0 cm³/mol. The van der Waals surface area contributed by atoms with E-state index in [4.69, 9.17) is 0 Å². The highest BCUT2D eigenvalue weighted by molar-refractivity contribution is 5.89. The van der Waals surface area contributed by atoms with Crippen molar-refractivity contribution in [3.05, 3.63) is 42.6 Å². The first kappa shape index (κ1) is 11.8. The molecule has 98 valence electrons. The van der Waals surface area contributed by atoms with E-state index in [1.165, 1.54) is 5.69 Å². The minimum absolute atomic E-state index is 0.419. The molecule has 0 fully saturated rings. The molecule has 0 unspecified atom stereocenters. The van der Waals surface area contributed by atoms with Gasteiger partial charge in [0, 0.05) is 17.6 Å². The molecule has 3 aromatic rings. The molecule has 2 N–H and O–H groups in total. The van der Waals surface area contributed by atoms with E-state index in [0.29, 0.717) is 6.04 Å². The molecule has 5 heteroatoms. The summed E-state index contributed by atoms with van der Waals surface area (Å²) in [4.78, 5) is 4.21. The van der Waals surface area contributed by atoms with Crippen LogP contribution in [0.4, 0.5) is 5.69 Å². The van der Waals surface area contributed by atoms with Gasteiger partial charge in [-0.05, 0) is 19.9 Å². The van der Waals surface area contributed by atoms with Crippen molar-refractivity contribution in [1.29, 1.82) is 0 Å². The summed E-state index contributed by atoms with van der Waals surface area (Å²) in [5.74, 6) is 0. The van der Waals surface area contributed by atoms with Crippen LogP contribution in [0.3, 0.4) is 0 Å². The molecule has 2 aromatic heterocycles. The van der Waals surface area contributed by atoms with Crippen molar-refractivity contribution in [2.75, 3.05) is 5.32 Å². The Morgan fingerprint density at radius 2 is 2.21 bits per heavy atom. The molecule has 0 saturated heterocycles. The minimum Gasteiger partial charge on any atom is -0.378 e. The summed E-state index contributed by atoms with van der Waals surface area (Å²) in [5, 5.41) is 11.6. The highest BCUT2D eigenvalue weighted by atomic mass is 15.1. The molecule has 0 amide bonds. The average Bonchev–Trinajstić information content (AvgIpc) is 3.04. The highest BCUT2D eigenvalue weighted by Gasteiger charge is 2.06. The van der Waals surface area contributed by atoms with Gasteiger partial charge >= 0.3 is 0 Å². The number of H-pyrrole nitrogens is 1. The number of nitrogens with zero attached hydrogens (tertiary/aromatic N) is 3. The van der Waals surface area contributed by atoms with Gasteiger partial charge in [0.2, 0.25) is 0 Å². The van der Waals surface area contributed by atoms with Gasteiger partial charge in [-0.25, -0.2) is 4.98 Å². The number of anilines is 1. The number of fused-ring (bicyclic) bond motifs is 1. The van der Waals surface area contributed by atoms with Gasteiger partial charge in [-0.1, -0.05) is 12.1 Å². The molecule has 0 radical (unpaired) electrons. The normalized spacial score (nSPS) is 11.3. The fraction of sp³-hybridized carbons (Fsp3) is 0.286. The lowest BCUT2D eigenvalue weighted by Gasteiger charge is -2.13. The zero-order valence-electron chi connectivity index (χ0n) is 11.1. The molecular formula is C14H17N5. The van der Waals surface area contributed by atoms with Crippen LogP contribution in [0, 0.1) is 0 Å². The number of aromatic amines is 1. The summed E-state index contributed by atoms with van der Waals surface area (Å²) < 4.78 is 2.17. The molecule has 1 aromatic carbocycles. The minimum atomic E-state index is 0.419. The van der Waals surface area contributed by atoms with Crippen molar-refractivity contribution in [2.24, 2.45) is 0 Å². The van der Waals surface area contributed by atoms with Gasteiger partial charge in [-0.15, -0.1) is 0 Å². The number of benzene rings is 1. The highest BCUT2D eigenvalue weighted by Crippen LogP contribution is 2.21.